The van der Waals surface area contributed by atoms with Crippen molar-refractivity contribution in [2.24, 2.45) is 10.7 Å². The van der Waals surface area contributed by atoms with Gasteiger partial charge in [-0.2, -0.15) is 0 Å². The van der Waals surface area contributed by atoms with Crippen molar-refractivity contribution in [1.29, 1.82) is 0 Å². The van der Waals surface area contributed by atoms with Crippen LogP contribution in [0.15, 0.2) is 29.3 Å². The molecule has 0 saturated heterocycles. The molecule has 17 heavy (non-hydrogen) atoms. The second kappa shape index (κ2) is 6.78. The van der Waals surface area contributed by atoms with E-state index in [1.165, 1.54) is 5.56 Å². The number of nitrogens with one attached hydrogen (secondary N) is 1. The second-order valence-corrected chi connectivity index (χ2v) is 4.11. The Morgan fingerprint density at radius 3 is 2.53 bits per heavy atom. The van der Waals surface area contributed by atoms with Crippen LogP contribution in [0.25, 0.3) is 0 Å². The lowest BCUT2D eigenvalue weighted by atomic mass is 10.0. The number of nitrogens with zero attached hydrogens (tertiary/aromatic N) is 1. The minimum Gasteiger partial charge on any atom is -0.492 e. The molecule has 0 aliphatic carbocycles. The minimum absolute atomic E-state index is 0.434. The van der Waals surface area contributed by atoms with Crippen LogP contribution in [0.4, 0.5) is 0 Å². The summed E-state index contributed by atoms with van der Waals surface area (Å²) in [5.74, 6) is 1.86. The highest BCUT2D eigenvalue weighted by Gasteiger charge is 1.99. The van der Waals surface area contributed by atoms with Crippen molar-refractivity contribution in [2.45, 2.75) is 19.8 Å². The Hall–Kier alpha value is -1.71. The van der Waals surface area contributed by atoms with E-state index in [1.807, 2.05) is 12.1 Å². The summed E-state index contributed by atoms with van der Waals surface area (Å²) in [6, 6.07) is 8.17. The number of aliphatic imine (C=N–C) groups is 1. The van der Waals surface area contributed by atoms with Gasteiger partial charge in [-0.25, -0.2) is 0 Å². The maximum absolute atomic E-state index is 5.56. The predicted octanol–water partition coefficient (Wildman–Crippen LogP) is 1.72. The predicted molar refractivity (Wildman–Crippen MR) is 71.6 cm³/mol. The summed E-state index contributed by atoms with van der Waals surface area (Å²) >= 11 is 0. The van der Waals surface area contributed by atoms with Crippen molar-refractivity contribution >= 4 is 5.96 Å². The van der Waals surface area contributed by atoms with Gasteiger partial charge in [0, 0.05) is 7.05 Å². The van der Waals surface area contributed by atoms with Crippen LogP contribution in [0.1, 0.15) is 25.3 Å². The van der Waals surface area contributed by atoms with Crippen LogP contribution in [0.3, 0.4) is 0 Å². The highest BCUT2D eigenvalue weighted by atomic mass is 16.5. The topological polar surface area (TPSA) is 59.6 Å². The summed E-state index contributed by atoms with van der Waals surface area (Å²) in [4.78, 5) is 3.79. The first-order chi connectivity index (χ1) is 8.13. The number of hydrogen-bond acceptors (Lipinski definition) is 2. The lowest BCUT2D eigenvalue weighted by molar-refractivity contribution is 0.322. The van der Waals surface area contributed by atoms with E-state index in [-0.39, 0.29) is 0 Å². The molecule has 0 radical (unpaired) electrons. The van der Waals surface area contributed by atoms with Gasteiger partial charge >= 0.3 is 0 Å². The van der Waals surface area contributed by atoms with E-state index in [1.54, 1.807) is 7.05 Å². The maximum atomic E-state index is 5.56. The normalized spacial score (nSPS) is 11.6. The third kappa shape index (κ3) is 4.76. The van der Waals surface area contributed by atoms with Crippen molar-refractivity contribution in [3.8, 4) is 5.75 Å². The van der Waals surface area contributed by atoms with Gasteiger partial charge in [-0.15, -0.1) is 0 Å². The Labute approximate surface area is 103 Å². The standard InChI is InChI=1S/C13H21N3O/c1-10(2)11-4-6-12(7-5-11)17-9-8-16-13(14)15-3/h4-7,10H,8-9H2,1-3H3,(H3,14,15,16). The molecule has 0 aliphatic rings. The Morgan fingerprint density at radius 2 is 2.00 bits per heavy atom. The first-order valence-electron chi connectivity index (χ1n) is 5.82. The molecule has 0 aliphatic heterocycles. The van der Waals surface area contributed by atoms with Crippen LogP contribution >= 0.6 is 0 Å². The zero-order chi connectivity index (χ0) is 12.7. The zero-order valence-electron chi connectivity index (χ0n) is 10.7. The fourth-order valence-corrected chi connectivity index (χ4v) is 1.38. The van der Waals surface area contributed by atoms with Crippen LogP contribution in [0.5, 0.6) is 5.75 Å². The molecular formula is C13H21N3O. The van der Waals surface area contributed by atoms with Crippen LogP contribution in [0, 0.1) is 0 Å². The number of nitrogens with two attached hydrogens (primary N) is 1. The van der Waals surface area contributed by atoms with Crippen LogP contribution in [-0.2, 0) is 0 Å². The van der Waals surface area contributed by atoms with Crippen LogP contribution in [0.2, 0.25) is 0 Å². The molecule has 0 saturated carbocycles. The Kier molecular flexibility index (Phi) is 5.33. The van der Waals surface area contributed by atoms with Gasteiger partial charge in [-0.05, 0) is 23.6 Å². The van der Waals surface area contributed by atoms with Gasteiger partial charge < -0.3 is 15.8 Å². The number of guanidine groups is 1. The Bertz CT molecular complexity index is 357. The number of ether oxygens (including phenoxy) is 1. The molecule has 1 aromatic rings. The monoisotopic (exact) mass is 235 g/mol. The van der Waals surface area contributed by atoms with Crippen molar-refractivity contribution < 1.29 is 4.74 Å². The van der Waals surface area contributed by atoms with Gasteiger partial charge in [-0.1, -0.05) is 26.0 Å². The smallest absolute Gasteiger partial charge is 0.188 e. The summed E-state index contributed by atoms with van der Waals surface area (Å²) in [6.45, 7) is 5.56. The van der Waals surface area contributed by atoms with E-state index < -0.39 is 0 Å². The molecule has 4 nitrogen and oxygen atoms in total. The van der Waals surface area contributed by atoms with Crippen molar-refractivity contribution in [2.75, 3.05) is 20.2 Å². The van der Waals surface area contributed by atoms with E-state index in [2.05, 4.69) is 36.3 Å². The van der Waals surface area contributed by atoms with E-state index >= 15 is 0 Å². The highest BCUT2D eigenvalue weighted by Crippen LogP contribution is 2.18. The number of hydrogen-bond donors (Lipinski definition) is 2. The molecule has 94 valence electrons. The van der Waals surface area contributed by atoms with Gasteiger partial charge in [-0.3, -0.25) is 4.99 Å². The second-order valence-electron chi connectivity index (χ2n) is 4.11. The van der Waals surface area contributed by atoms with Crippen molar-refractivity contribution in [1.82, 2.24) is 5.32 Å². The summed E-state index contributed by atoms with van der Waals surface area (Å²) in [6.07, 6.45) is 0. The largest absolute Gasteiger partial charge is 0.492 e. The Balaban J connectivity index is 2.32. The quantitative estimate of drug-likeness (QED) is 0.464. The van der Waals surface area contributed by atoms with Gasteiger partial charge in [0.2, 0.25) is 0 Å². The molecule has 1 aromatic carbocycles. The third-order valence-corrected chi connectivity index (χ3v) is 2.46. The van der Waals surface area contributed by atoms with Gasteiger partial charge in [0.1, 0.15) is 12.4 Å². The first-order valence-corrected chi connectivity index (χ1v) is 5.82. The molecule has 0 fully saturated rings. The third-order valence-electron chi connectivity index (χ3n) is 2.46. The fourth-order valence-electron chi connectivity index (χ4n) is 1.38. The fraction of sp³-hybridized carbons (Fsp3) is 0.462. The molecule has 4 heteroatoms. The van der Waals surface area contributed by atoms with Gasteiger partial charge in [0.15, 0.2) is 5.96 Å². The molecule has 0 bridgehead atoms. The average Bonchev–Trinajstić information content (AvgIpc) is 2.34. The van der Waals surface area contributed by atoms with E-state index in [0.29, 0.717) is 25.0 Å². The number of benzene rings is 1. The molecule has 0 aromatic heterocycles. The van der Waals surface area contributed by atoms with Crippen LogP contribution < -0.4 is 15.8 Å². The number of rotatable bonds is 5. The molecule has 0 unspecified atom stereocenters. The molecule has 0 heterocycles. The molecule has 3 N–H and O–H groups in total. The molecule has 0 amide bonds. The maximum Gasteiger partial charge on any atom is 0.188 e. The molecule has 0 atom stereocenters. The molecule has 1 rings (SSSR count). The molecular weight excluding hydrogens is 214 g/mol. The zero-order valence-corrected chi connectivity index (χ0v) is 10.7. The van der Waals surface area contributed by atoms with E-state index in [4.69, 9.17) is 10.5 Å². The van der Waals surface area contributed by atoms with Crippen LogP contribution in [-0.4, -0.2) is 26.2 Å². The summed E-state index contributed by atoms with van der Waals surface area (Å²) in [5, 5.41) is 2.93. The lowest BCUT2D eigenvalue weighted by Crippen LogP contribution is -2.34. The summed E-state index contributed by atoms with van der Waals surface area (Å²) in [5.41, 5.74) is 6.81. The van der Waals surface area contributed by atoms with Crippen molar-refractivity contribution in [3.63, 3.8) is 0 Å². The summed E-state index contributed by atoms with van der Waals surface area (Å²) in [7, 11) is 1.65. The lowest BCUT2D eigenvalue weighted by Gasteiger charge is -2.09. The summed E-state index contributed by atoms with van der Waals surface area (Å²) < 4.78 is 5.56. The van der Waals surface area contributed by atoms with Gasteiger partial charge in [0.05, 0.1) is 6.54 Å². The SMILES string of the molecule is CN=C(N)NCCOc1ccc(C(C)C)cc1. The van der Waals surface area contributed by atoms with Crippen molar-refractivity contribution in [3.05, 3.63) is 29.8 Å². The first kappa shape index (κ1) is 13.4. The highest BCUT2D eigenvalue weighted by molar-refractivity contribution is 5.77. The van der Waals surface area contributed by atoms with Gasteiger partial charge in [0.25, 0.3) is 0 Å². The average molecular weight is 235 g/mol. The Morgan fingerprint density at radius 1 is 1.35 bits per heavy atom. The van der Waals surface area contributed by atoms with E-state index in [9.17, 15) is 0 Å². The molecule has 0 spiro atoms. The van der Waals surface area contributed by atoms with E-state index in [0.717, 1.165) is 5.75 Å². The minimum atomic E-state index is 0.434.